The zero-order valence-corrected chi connectivity index (χ0v) is 20.9. The predicted molar refractivity (Wildman–Crippen MR) is 144 cm³/mol. The lowest BCUT2D eigenvalue weighted by molar-refractivity contribution is 0.306. The highest BCUT2D eigenvalue weighted by atomic mass is 28.4. The molecule has 0 unspecified atom stereocenters. The van der Waals surface area contributed by atoms with Crippen molar-refractivity contribution in [2.75, 3.05) is 0 Å². The molecule has 4 rings (SSSR count). The highest BCUT2D eigenvalue weighted by Crippen LogP contribution is 2.37. The average molecular weight is 450 g/mol. The van der Waals surface area contributed by atoms with E-state index < -0.39 is 8.32 Å². The van der Waals surface area contributed by atoms with Crippen molar-refractivity contribution in [3.63, 3.8) is 0 Å². The Morgan fingerprint density at radius 3 is 1.61 bits per heavy atom. The van der Waals surface area contributed by atoms with Crippen molar-refractivity contribution in [2.24, 2.45) is 0 Å². The van der Waals surface area contributed by atoms with E-state index in [0.29, 0.717) is 6.61 Å². The van der Waals surface area contributed by atoms with Gasteiger partial charge >= 0.3 is 8.32 Å². The normalized spacial score (nSPS) is 11.7. The van der Waals surface area contributed by atoms with Crippen LogP contribution >= 0.6 is 0 Å². The van der Waals surface area contributed by atoms with Gasteiger partial charge in [-0.2, -0.15) is 0 Å². The van der Waals surface area contributed by atoms with Crippen LogP contribution in [0.4, 0.5) is 0 Å². The second kappa shape index (κ2) is 9.72. The minimum atomic E-state index is -2.62. The fourth-order valence-corrected chi connectivity index (χ4v) is 8.70. The Bertz CT molecular complexity index is 1110. The van der Waals surface area contributed by atoms with E-state index in [-0.39, 0.29) is 5.04 Å². The van der Waals surface area contributed by atoms with Crippen LogP contribution < -0.4 is 25.0 Å². The van der Waals surface area contributed by atoms with Crippen LogP contribution in [0.3, 0.4) is 0 Å². The second-order valence-electron chi connectivity index (χ2n) is 9.51. The molecular weight excluding hydrogens is 419 g/mol. The lowest BCUT2D eigenvalue weighted by Crippen LogP contribution is -2.68. The Labute approximate surface area is 199 Å². The summed E-state index contributed by atoms with van der Waals surface area (Å²) in [6.07, 6.45) is 0. The fourth-order valence-electron chi connectivity index (χ4n) is 4.28. The Balaban J connectivity index is 1.63. The first-order valence-electron chi connectivity index (χ1n) is 11.5. The van der Waals surface area contributed by atoms with Crippen LogP contribution in [0.15, 0.2) is 109 Å². The predicted octanol–water partition coefficient (Wildman–Crippen LogP) is 4.46. The van der Waals surface area contributed by atoms with Gasteiger partial charge in [-0.05, 0) is 45.2 Å². The van der Waals surface area contributed by atoms with Crippen molar-refractivity contribution in [2.45, 2.75) is 32.4 Å². The van der Waals surface area contributed by atoms with Gasteiger partial charge in [-0.15, -0.1) is 0 Å². The molecule has 0 aliphatic carbocycles. The summed E-state index contributed by atoms with van der Waals surface area (Å²) in [5.41, 5.74) is 2.34. The largest absolute Gasteiger partial charge is 0.534 e. The third kappa shape index (κ3) is 5.07. The molecule has 0 aliphatic heterocycles. The molecule has 4 heteroatoms. The quantitative estimate of drug-likeness (QED) is 0.387. The zero-order chi connectivity index (χ0) is 23.3. The number of hydrogen-bond donors (Lipinski definition) is 0. The fraction of sp³-hybridized carbons (Fsp3) is 0.172. The van der Waals surface area contributed by atoms with E-state index in [1.54, 1.807) is 0 Å². The summed E-state index contributed by atoms with van der Waals surface area (Å²) in [6, 6.07) is 38.0. The topological polar surface area (TPSA) is 18.5 Å². The van der Waals surface area contributed by atoms with Gasteiger partial charge in [0.15, 0.2) is 0 Å². The van der Waals surface area contributed by atoms with Gasteiger partial charge in [-0.1, -0.05) is 111 Å². The number of ether oxygens (including phenoxy) is 1. The molecule has 0 radical (unpaired) electrons. The molecule has 166 valence electrons. The van der Waals surface area contributed by atoms with Gasteiger partial charge in [0, 0.05) is 0 Å². The van der Waals surface area contributed by atoms with E-state index in [1.807, 2.05) is 12.1 Å². The number of rotatable bonds is 7. The van der Waals surface area contributed by atoms with E-state index in [9.17, 15) is 0 Å². The molecule has 0 amide bonds. The van der Waals surface area contributed by atoms with Crippen LogP contribution in [0.1, 0.15) is 26.3 Å². The SMILES string of the molecule is Bc1ccc(OCc2ccc(O[Si](c3ccccc3)(c3ccccc3)C(C)(C)C)cc2)cc1. The Kier molecular flexibility index (Phi) is 6.75. The summed E-state index contributed by atoms with van der Waals surface area (Å²) in [7, 11) is -0.538. The minimum absolute atomic E-state index is 0.0665. The van der Waals surface area contributed by atoms with Crippen LogP contribution in [0.5, 0.6) is 11.5 Å². The Hall–Kier alpha value is -3.24. The first kappa shape index (κ1) is 22.9. The zero-order valence-electron chi connectivity index (χ0n) is 19.9. The van der Waals surface area contributed by atoms with Crippen molar-refractivity contribution in [3.8, 4) is 11.5 Å². The van der Waals surface area contributed by atoms with Gasteiger partial charge in [-0.3, -0.25) is 0 Å². The minimum Gasteiger partial charge on any atom is -0.534 e. The molecule has 0 saturated heterocycles. The van der Waals surface area contributed by atoms with E-state index in [1.165, 1.54) is 15.8 Å². The summed E-state index contributed by atoms with van der Waals surface area (Å²) >= 11 is 0. The first-order chi connectivity index (χ1) is 15.9. The van der Waals surface area contributed by atoms with Crippen molar-refractivity contribution < 1.29 is 9.16 Å². The van der Waals surface area contributed by atoms with Crippen LogP contribution in [-0.2, 0) is 6.61 Å². The molecule has 4 aromatic carbocycles. The van der Waals surface area contributed by atoms with Gasteiger partial charge in [0.05, 0.1) is 0 Å². The van der Waals surface area contributed by atoms with E-state index in [2.05, 4.69) is 126 Å². The molecule has 0 N–H and O–H groups in total. The second-order valence-corrected chi connectivity index (χ2v) is 13.7. The molecule has 0 saturated carbocycles. The highest BCUT2D eigenvalue weighted by molar-refractivity contribution is 7.00. The maximum atomic E-state index is 7.07. The molecule has 4 aromatic rings. The summed E-state index contributed by atoms with van der Waals surface area (Å²) < 4.78 is 13.0. The molecule has 0 aromatic heterocycles. The smallest absolute Gasteiger partial charge is 0.319 e. The summed E-state index contributed by atoms with van der Waals surface area (Å²) in [4.78, 5) is 0. The molecule has 0 aliphatic rings. The molecule has 33 heavy (non-hydrogen) atoms. The summed E-state index contributed by atoms with van der Waals surface area (Å²) in [5, 5.41) is 2.48. The molecule has 0 bridgehead atoms. The molecule has 0 heterocycles. The maximum Gasteiger partial charge on any atom is 0.319 e. The van der Waals surface area contributed by atoms with E-state index >= 15 is 0 Å². The third-order valence-electron chi connectivity index (χ3n) is 6.04. The van der Waals surface area contributed by atoms with E-state index in [0.717, 1.165) is 17.1 Å². The highest BCUT2D eigenvalue weighted by Gasteiger charge is 2.52. The van der Waals surface area contributed by atoms with Crippen LogP contribution in [0.2, 0.25) is 5.04 Å². The summed E-state index contributed by atoms with van der Waals surface area (Å²) in [6.45, 7) is 7.41. The van der Waals surface area contributed by atoms with Crippen molar-refractivity contribution in [3.05, 3.63) is 115 Å². The molecule has 0 fully saturated rings. The van der Waals surface area contributed by atoms with Crippen molar-refractivity contribution >= 4 is 32.0 Å². The monoisotopic (exact) mass is 450 g/mol. The van der Waals surface area contributed by atoms with Crippen LogP contribution in [0, 0.1) is 0 Å². The van der Waals surface area contributed by atoms with Crippen LogP contribution in [0.25, 0.3) is 0 Å². The first-order valence-corrected chi connectivity index (χ1v) is 13.4. The lowest BCUT2D eigenvalue weighted by Gasteiger charge is -2.43. The Morgan fingerprint density at radius 2 is 1.12 bits per heavy atom. The molecule has 2 nitrogen and oxygen atoms in total. The third-order valence-corrected chi connectivity index (χ3v) is 11.0. The lowest BCUT2D eigenvalue weighted by atomic mass is 9.97. The number of benzene rings is 4. The number of hydrogen-bond acceptors (Lipinski definition) is 2. The molecule has 0 atom stereocenters. The van der Waals surface area contributed by atoms with Gasteiger partial charge in [-0.25, -0.2) is 0 Å². The van der Waals surface area contributed by atoms with Gasteiger partial charge in [0.25, 0.3) is 0 Å². The molecule has 0 spiro atoms. The van der Waals surface area contributed by atoms with Crippen molar-refractivity contribution in [1.29, 1.82) is 0 Å². The van der Waals surface area contributed by atoms with Gasteiger partial charge < -0.3 is 9.16 Å². The standard InChI is InChI=1S/C29H31BO2Si/c1-29(2,3)33(27-10-6-4-7-11-27,28-12-8-5-9-13-28)32-26-18-14-23(15-19-26)22-31-25-20-16-24(30)17-21-25/h4-21H,22,30H2,1-3H3. The van der Waals surface area contributed by atoms with Gasteiger partial charge in [0.1, 0.15) is 26.0 Å². The van der Waals surface area contributed by atoms with E-state index in [4.69, 9.17) is 9.16 Å². The molecular formula is C29H31BO2Si. The Morgan fingerprint density at radius 1 is 0.636 bits per heavy atom. The van der Waals surface area contributed by atoms with Gasteiger partial charge in [0.2, 0.25) is 0 Å². The summed E-state index contributed by atoms with van der Waals surface area (Å²) in [5.74, 6) is 1.77. The average Bonchev–Trinajstić information content (AvgIpc) is 2.83. The van der Waals surface area contributed by atoms with Crippen molar-refractivity contribution in [1.82, 2.24) is 0 Å². The van der Waals surface area contributed by atoms with Crippen LogP contribution in [-0.4, -0.2) is 16.2 Å². The maximum absolute atomic E-state index is 7.07.